The summed E-state index contributed by atoms with van der Waals surface area (Å²) in [5.41, 5.74) is 0. The van der Waals surface area contributed by atoms with Crippen LogP contribution < -0.4 is 51.4 Å². The molecule has 0 saturated heterocycles. The topological polar surface area (TPSA) is 85.5 Å². The summed E-state index contributed by atoms with van der Waals surface area (Å²) in [7, 11) is 0. The molecule has 0 amide bonds. The molecule has 0 bridgehead atoms. The molecule has 0 aliphatic heterocycles. The van der Waals surface area contributed by atoms with E-state index in [1.807, 2.05) is 0 Å². The van der Waals surface area contributed by atoms with E-state index in [0.717, 1.165) is 0 Å². The Balaban J connectivity index is 0. The first-order chi connectivity index (χ1) is 0. The van der Waals surface area contributed by atoms with Crippen molar-refractivity contribution in [3.05, 3.63) is 0 Å². The SMILES string of the molecule is [K+].[La+3].[Ni+2].[O-2].[O-2].[O-2]. The van der Waals surface area contributed by atoms with Crippen molar-refractivity contribution in [2.24, 2.45) is 0 Å². The molecule has 0 unspecified atom stereocenters. The quantitative estimate of drug-likeness (QED) is 0.416. The average molecular weight is 285 g/mol. The monoisotopic (exact) mass is 284 g/mol. The molecule has 6 heavy (non-hydrogen) atoms. The van der Waals surface area contributed by atoms with E-state index < -0.39 is 0 Å². The molecule has 0 atom stereocenters. The Hall–Kier alpha value is 3.20. The first-order valence-electron chi connectivity index (χ1n) is 0. The van der Waals surface area contributed by atoms with Gasteiger partial charge in [0.05, 0.1) is 0 Å². The van der Waals surface area contributed by atoms with E-state index in [9.17, 15) is 0 Å². The first-order valence-corrected chi connectivity index (χ1v) is 0. The third-order valence-electron chi connectivity index (χ3n) is 0. The van der Waals surface area contributed by atoms with Gasteiger partial charge in [-0.05, 0) is 0 Å². The summed E-state index contributed by atoms with van der Waals surface area (Å²) >= 11 is 0. The van der Waals surface area contributed by atoms with Crippen molar-refractivity contribution in [2.45, 2.75) is 0 Å². The maximum absolute atomic E-state index is 0. The summed E-state index contributed by atoms with van der Waals surface area (Å²) in [6.07, 6.45) is 0. The van der Waals surface area contributed by atoms with Gasteiger partial charge < -0.3 is 16.4 Å². The van der Waals surface area contributed by atoms with Gasteiger partial charge in [-0.3, -0.25) is 0 Å². The van der Waals surface area contributed by atoms with Crippen LogP contribution in [0, 0.1) is 35.6 Å². The molecule has 0 spiro atoms. The summed E-state index contributed by atoms with van der Waals surface area (Å²) in [5.74, 6) is 0. The molecular weight excluding hydrogens is 285 g/mol. The molecule has 0 aliphatic carbocycles. The molecule has 0 rings (SSSR count). The maximum atomic E-state index is 0. The summed E-state index contributed by atoms with van der Waals surface area (Å²) < 4.78 is 0. The van der Waals surface area contributed by atoms with E-state index in [0.29, 0.717) is 0 Å². The van der Waals surface area contributed by atoms with Crippen LogP contribution in [0.1, 0.15) is 0 Å². The van der Waals surface area contributed by atoms with Crippen LogP contribution in [0.25, 0.3) is 0 Å². The number of hydrogen-bond acceptors (Lipinski definition) is 0. The molecule has 6 heteroatoms. The van der Waals surface area contributed by atoms with Gasteiger partial charge in [0.15, 0.2) is 0 Å². The average Bonchev–Trinajstić information content (AvgIpc) is 0. The molecule has 32 valence electrons. The molecule has 0 aliphatic rings. The summed E-state index contributed by atoms with van der Waals surface area (Å²) in [5, 5.41) is 0. The van der Waals surface area contributed by atoms with Gasteiger partial charge in [0.25, 0.3) is 0 Å². The van der Waals surface area contributed by atoms with Gasteiger partial charge in [-0.1, -0.05) is 0 Å². The summed E-state index contributed by atoms with van der Waals surface area (Å²) in [6, 6.07) is 0. The van der Waals surface area contributed by atoms with Crippen LogP contribution in [0.2, 0.25) is 0 Å². The Morgan fingerprint density at radius 1 is 0.667 bits per heavy atom. The van der Waals surface area contributed by atoms with E-state index >= 15 is 0 Å². The second-order valence-electron chi connectivity index (χ2n) is 0. The van der Waals surface area contributed by atoms with Crippen molar-refractivity contribution in [1.29, 1.82) is 0 Å². The predicted octanol–water partition coefficient (Wildman–Crippen LogP) is -3.35. The Labute approximate surface area is 117 Å². The fourth-order valence-electron chi connectivity index (χ4n) is 0. The van der Waals surface area contributed by atoms with E-state index in [1.165, 1.54) is 0 Å². The Bertz CT molecular complexity index is 10.8. The van der Waals surface area contributed by atoms with Gasteiger partial charge >= 0.3 is 103 Å². The van der Waals surface area contributed by atoms with E-state index in [4.69, 9.17) is 0 Å². The zero-order valence-corrected chi connectivity index (χ0v) is 10.9. The minimum atomic E-state index is 0. The van der Waals surface area contributed by atoms with E-state index in [-0.39, 0.29) is 120 Å². The Kier molecular flexibility index (Phi) is 417. The summed E-state index contributed by atoms with van der Waals surface area (Å²) in [6.45, 7) is 0. The van der Waals surface area contributed by atoms with Crippen LogP contribution in [0.15, 0.2) is 0 Å². The second-order valence-corrected chi connectivity index (χ2v) is 0. The van der Waals surface area contributed by atoms with Crippen molar-refractivity contribution >= 4 is 0 Å². The van der Waals surface area contributed by atoms with Crippen LogP contribution in [-0.2, 0) is 32.9 Å². The van der Waals surface area contributed by atoms with Crippen LogP contribution in [0.3, 0.4) is 0 Å². The smallest absolute Gasteiger partial charge is 2.00 e. The van der Waals surface area contributed by atoms with Crippen LogP contribution in [0.5, 0.6) is 0 Å². The molecule has 0 heterocycles. The van der Waals surface area contributed by atoms with E-state index in [2.05, 4.69) is 0 Å². The van der Waals surface area contributed by atoms with Crippen LogP contribution in [-0.4, -0.2) is 0 Å². The predicted molar refractivity (Wildman–Crippen MR) is 2.06 cm³/mol. The molecule has 0 fully saturated rings. The zero-order valence-electron chi connectivity index (χ0n) is 3.12. The third kappa shape index (κ3) is 27.0. The molecular formula is KLaNiO3. The Morgan fingerprint density at radius 2 is 0.667 bits per heavy atom. The Morgan fingerprint density at radius 3 is 0.667 bits per heavy atom. The van der Waals surface area contributed by atoms with Gasteiger partial charge in [0.2, 0.25) is 0 Å². The van der Waals surface area contributed by atoms with Crippen molar-refractivity contribution in [1.82, 2.24) is 0 Å². The van der Waals surface area contributed by atoms with Crippen LogP contribution >= 0.6 is 0 Å². The standard InChI is InChI=1S/K.La.Ni.3O/q+1;+3;+2;3*-2. The fourth-order valence-corrected chi connectivity index (χ4v) is 0. The van der Waals surface area contributed by atoms with Crippen molar-refractivity contribution in [3.63, 3.8) is 0 Å². The normalized spacial score (nSPS) is 0. The van der Waals surface area contributed by atoms with Gasteiger partial charge in [-0.2, -0.15) is 0 Å². The first kappa shape index (κ1) is 60.3. The van der Waals surface area contributed by atoms with Crippen molar-refractivity contribution in [3.8, 4) is 0 Å². The molecule has 0 aromatic rings. The zero-order chi connectivity index (χ0) is 0. The fraction of sp³-hybridized carbons (Fsp3) is 0. The van der Waals surface area contributed by atoms with Crippen molar-refractivity contribution < 1.29 is 120 Å². The minimum absolute atomic E-state index is 0. The van der Waals surface area contributed by atoms with E-state index in [1.54, 1.807) is 0 Å². The molecule has 0 aromatic carbocycles. The van der Waals surface area contributed by atoms with Crippen LogP contribution in [0.4, 0.5) is 0 Å². The second kappa shape index (κ2) is 41.5. The number of hydrogen-bond donors (Lipinski definition) is 0. The molecule has 0 aromatic heterocycles. The third-order valence-corrected chi connectivity index (χ3v) is 0. The van der Waals surface area contributed by atoms with Gasteiger partial charge in [0.1, 0.15) is 0 Å². The molecule has 3 nitrogen and oxygen atoms in total. The minimum Gasteiger partial charge on any atom is -2.00 e. The number of rotatable bonds is 0. The maximum Gasteiger partial charge on any atom is 3.00 e. The van der Waals surface area contributed by atoms with Gasteiger partial charge in [0, 0.05) is 0 Å². The summed E-state index contributed by atoms with van der Waals surface area (Å²) in [4.78, 5) is 0. The van der Waals surface area contributed by atoms with Crippen molar-refractivity contribution in [2.75, 3.05) is 0 Å². The largest absolute Gasteiger partial charge is 3.00 e. The molecule has 0 N–H and O–H groups in total. The molecule has 0 saturated carbocycles. The van der Waals surface area contributed by atoms with Gasteiger partial charge in [-0.25, -0.2) is 0 Å². The van der Waals surface area contributed by atoms with Gasteiger partial charge in [-0.15, -0.1) is 0 Å². The molecule has 0 radical (unpaired) electrons.